The Labute approximate surface area is 148 Å². The van der Waals surface area contributed by atoms with Crippen molar-refractivity contribution in [3.8, 4) is 5.75 Å². The van der Waals surface area contributed by atoms with Gasteiger partial charge in [-0.15, -0.1) is 0 Å². The van der Waals surface area contributed by atoms with E-state index in [1.165, 1.54) is 5.57 Å². The summed E-state index contributed by atoms with van der Waals surface area (Å²) in [6, 6.07) is 7.45. The molecule has 2 aromatic rings. The number of imidazole rings is 1. The average Bonchev–Trinajstić information content (AvgIpc) is 3.16. The molecule has 0 spiro atoms. The van der Waals surface area contributed by atoms with Gasteiger partial charge in [0.2, 0.25) is 0 Å². The molecule has 2 heterocycles. The Morgan fingerprint density at radius 3 is 3.08 bits per heavy atom. The van der Waals surface area contributed by atoms with Crippen LogP contribution in [0.25, 0.3) is 0 Å². The molecule has 1 aromatic carbocycles. The van der Waals surface area contributed by atoms with Crippen molar-refractivity contribution in [2.75, 3.05) is 19.7 Å². The Morgan fingerprint density at radius 1 is 1.44 bits per heavy atom. The Balaban J connectivity index is 1.66. The van der Waals surface area contributed by atoms with Gasteiger partial charge in [-0.05, 0) is 51.0 Å². The number of amides is 1. The number of rotatable bonds is 5. The van der Waals surface area contributed by atoms with Crippen molar-refractivity contribution in [2.24, 2.45) is 0 Å². The SMILES string of the molecule is CC(C)=CCOc1cccc(C(=O)N2CCC[C@H](c3ncc[nH]3)C2)c1. The summed E-state index contributed by atoms with van der Waals surface area (Å²) in [4.78, 5) is 22.3. The normalized spacial score (nSPS) is 17.2. The number of carbonyl (C=O) groups is 1. The van der Waals surface area contributed by atoms with Crippen molar-refractivity contribution in [3.63, 3.8) is 0 Å². The number of aromatic amines is 1. The van der Waals surface area contributed by atoms with Crippen LogP contribution < -0.4 is 4.74 Å². The fourth-order valence-electron chi connectivity index (χ4n) is 3.09. The summed E-state index contributed by atoms with van der Waals surface area (Å²) in [7, 11) is 0. The molecule has 0 saturated carbocycles. The second kappa shape index (κ2) is 8.01. The number of piperidine rings is 1. The van der Waals surface area contributed by atoms with E-state index in [0.717, 1.165) is 31.0 Å². The van der Waals surface area contributed by atoms with Crippen LogP contribution >= 0.6 is 0 Å². The van der Waals surface area contributed by atoms with Gasteiger partial charge < -0.3 is 14.6 Å². The highest BCUT2D eigenvalue weighted by Gasteiger charge is 2.26. The van der Waals surface area contributed by atoms with Crippen LogP contribution in [0.5, 0.6) is 5.75 Å². The van der Waals surface area contributed by atoms with Crippen LogP contribution in [-0.2, 0) is 0 Å². The molecule has 0 bridgehead atoms. The molecular weight excluding hydrogens is 314 g/mol. The maximum atomic E-state index is 12.9. The summed E-state index contributed by atoms with van der Waals surface area (Å²) in [5.74, 6) is 2.04. The molecule has 1 fully saturated rings. The van der Waals surface area contributed by atoms with Gasteiger partial charge >= 0.3 is 0 Å². The molecule has 1 saturated heterocycles. The lowest BCUT2D eigenvalue weighted by atomic mass is 9.96. The number of hydrogen-bond donors (Lipinski definition) is 1. The van der Waals surface area contributed by atoms with Crippen molar-refractivity contribution in [1.29, 1.82) is 0 Å². The van der Waals surface area contributed by atoms with Crippen LogP contribution in [0.4, 0.5) is 0 Å². The lowest BCUT2D eigenvalue weighted by Crippen LogP contribution is -2.39. The van der Waals surface area contributed by atoms with Gasteiger partial charge in [0.05, 0.1) is 0 Å². The molecule has 0 radical (unpaired) electrons. The van der Waals surface area contributed by atoms with E-state index in [2.05, 4.69) is 9.97 Å². The first-order valence-electron chi connectivity index (χ1n) is 8.78. The monoisotopic (exact) mass is 339 g/mol. The third kappa shape index (κ3) is 4.50. The van der Waals surface area contributed by atoms with Gasteiger partial charge in [0.1, 0.15) is 18.2 Å². The van der Waals surface area contributed by atoms with E-state index in [0.29, 0.717) is 18.7 Å². The molecule has 1 aliphatic heterocycles. The molecule has 1 atom stereocenters. The summed E-state index contributed by atoms with van der Waals surface area (Å²) in [5, 5.41) is 0. The predicted molar refractivity (Wildman–Crippen MR) is 97.8 cm³/mol. The molecule has 5 nitrogen and oxygen atoms in total. The van der Waals surface area contributed by atoms with Crippen LogP contribution in [0.3, 0.4) is 0 Å². The van der Waals surface area contributed by atoms with E-state index >= 15 is 0 Å². The van der Waals surface area contributed by atoms with Gasteiger partial charge in [0.25, 0.3) is 5.91 Å². The maximum Gasteiger partial charge on any atom is 0.254 e. The summed E-state index contributed by atoms with van der Waals surface area (Å²) in [6.45, 7) is 6.09. The van der Waals surface area contributed by atoms with Crippen molar-refractivity contribution in [3.05, 3.63) is 59.7 Å². The number of nitrogens with one attached hydrogen (secondary N) is 1. The molecule has 132 valence electrons. The van der Waals surface area contributed by atoms with Crippen molar-refractivity contribution < 1.29 is 9.53 Å². The quantitative estimate of drug-likeness (QED) is 0.844. The van der Waals surface area contributed by atoms with Crippen molar-refractivity contribution >= 4 is 5.91 Å². The molecule has 1 aromatic heterocycles. The highest BCUT2D eigenvalue weighted by molar-refractivity contribution is 5.94. The van der Waals surface area contributed by atoms with E-state index in [9.17, 15) is 4.79 Å². The highest BCUT2D eigenvalue weighted by Crippen LogP contribution is 2.26. The van der Waals surface area contributed by atoms with E-state index < -0.39 is 0 Å². The zero-order valence-corrected chi connectivity index (χ0v) is 14.9. The largest absolute Gasteiger partial charge is 0.490 e. The highest BCUT2D eigenvalue weighted by atomic mass is 16.5. The zero-order chi connectivity index (χ0) is 17.6. The lowest BCUT2D eigenvalue weighted by molar-refractivity contribution is 0.0704. The minimum atomic E-state index is 0.0592. The molecule has 5 heteroatoms. The van der Waals surface area contributed by atoms with Gasteiger partial charge in [0.15, 0.2) is 0 Å². The van der Waals surface area contributed by atoms with Gasteiger partial charge in [-0.1, -0.05) is 11.6 Å². The lowest BCUT2D eigenvalue weighted by Gasteiger charge is -2.32. The molecule has 1 amide bonds. The fourth-order valence-corrected chi connectivity index (χ4v) is 3.09. The van der Waals surface area contributed by atoms with Crippen molar-refractivity contribution in [2.45, 2.75) is 32.6 Å². The van der Waals surface area contributed by atoms with E-state index in [1.807, 2.05) is 55.3 Å². The second-order valence-electron chi connectivity index (χ2n) is 6.69. The van der Waals surface area contributed by atoms with Gasteiger partial charge in [-0.25, -0.2) is 4.98 Å². The van der Waals surface area contributed by atoms with Gasteiger partial charge in [-0.2, -0.15) is 0 Å². The number of allylic oxidation sites excluding steroid dienone is 1. The summed E-state index contributed by atoms with van der Waals surface area (Å²) >= 11 is 0. The van der Waals surface area contributed by atoms with Crippen LogP contribution in [0.1, 0.15) is 48.8 Å². The number of benzene rings is 1. The number of nitrogens with zero attached hydrogens (tertiary/aromatic N) is 2. The Morgan fingerprint density at radius 2 is 2.32 bits per heavy atom. The minimum Gasteiger partial charge on any atom is -0.490 e. The molecule has 0 unspecified atom stereocenters. The molecular formula is C20H25N3O2. The van der Waals surface area contributed by atoms with Crippen LogP contribution in [0, 0.1) is 0 Å². The average molecular weight is 339 g/mol. The molecule has 3 rings (SSSR count). The molecule has 25 heavy (non-hydrogen) atoms. The first kappa shape index (κ1) is 17.3. The molecule has 1 aliphatic rings. The molecule has 0 aliphatic carbocycles. The number of aromatic nitrogens is 2. The Kier molecular flexibility index (Phi) is 5.53. The smallest absolute Gasteiger partial charge is 0.254 e. The Hall–Kier alpha value is -2.56. The van der Waals surface area contributed by atoms with E-state index in [4.69, 9.17) is 4.74 Å². The van der Waals surface area contributed by atoms with Gasteiger partial charge in [0, 0.05) is 37.0 Å². The van der Waals surface area contributed by atoms with Crippen LogP contribution in [-0.4, -0.2) is 40.5 Å². The number of ether oxygens (including phenoxy) is 1. The number of likely N-dealkylation sites (tertiary alicyclic amines) is 1. The number of H-pyrrole nitrogens is 1. The standard InChI is InChI=1S/C20H25N3O2/c1-15(2)8-12-25-18-7-3-5-16(13-18)20(24)23-11-4-6-17(14-23)19-21-9-10-22-19/h3,5,7-10,13,17H,4,6,11-12,14H2,1-2H3,(H,21,22)/t17-/m0/s1. The summed E-state index contributed by atoms with van der Waals surface area (Å²) in [5.41, 5.74) is 1.89. The van der Waals surface area contributed by atoms with Crippen LogP contribution in [0.15, 0.2) is 48.3 Å². The first-order chi connectivity index (χ1) is 12.1. The Bertz CT molecular complexity index is 733. The number of hydrogen-bond acceptors (Lipinski definition) is 3. The topological polar surface area (TPSA) is 58.2 Å². The minimum absolute atomic E-state index is 0.0592. The van der Waals surface area contributed by atoms with E-state index in [-0.39, 0.29) is 11.8 Å². The first-order valence-corrected chi connectivity index (χ1v) is 8.78. The third-order valence-corrected chi connectivity index (χ3v) is 4.44. The van der Waals surface area contributed by atoms with Crippen LogP contribution in [0.2, 0.25) is 0 Å². The zero-order valence-electron chi connectivity index (χ0n) is 14.9. The van der Waals surface area contributed by atoms with Gasteiger partial charge in [-0.3, -0.25) is 4.79 Å². The molecule has 1 N–H and O–H groups in total. The number of carbonyl (C=O) groups excluding carboxylic acids is 1. The van der Waals surface area contributed by atoms with Crippen molar-refractivity contribution in [1.82, 2.24) is 14.9 Å². The maximum absolute atomic E-state index is 12.9. The predicted octanol–water partition coefficient (Wildman–Crippen LogP) is 3.77. The fraction of sp³-hybridized carbons (Fsp3) is 0.400. The summed E-state index contributed by atoms with van der Waals surface area (Å²) < 4.78 is 5.71. The summed E-state index contributed by atoms with van der Waals surface area (Å²) in [6.07, 6.45) is 7.68. The third-order valence-electron chi connectivity index (χ3n) is 4.44. The second-order valence-corrected chi connectivity index (χ2v) is 6.69. The van der Waals surface area contributed by atoms with E-state index in [1.54, 1.807) is 6.20 Å².